The summed E-state index contributed by atoms with van der Waals surface area (Å²) in [7, 11) is 2.10. The molecule has 1 fully saturated rings. The summed E-state index contributed by atoms with van der Waals surface area (Å²) in [6.07, 6.45) is 6.49. The van der Waals surface area contributed by atoms with Gasteiger partial charge in [0.05, 0.1) is 0 Å². The monoisotopic (exact) mass is 361 g/mol. The Balaban J connectivity index is 1.34. The highest BCUT2D eigenvalue weighted by Gasteiger charge is 2.17. The minimum absolute atomic E-state index is 0.0497. The van der Waals surface area contributed by atoms with Crippen LogP contribution in [-0.2, 0) is 11.2 Å². The average molecular weight is 361 g/mol. The van der Waals surface area contributed by atoms with E-state index in [1.807, 2.05) is 0 Å². The molecule has 3 rings (SSSR count). The molecule has 0 saturated carbocycles. The van der Waals surface area contributed by atoms with Crippen LogP contribution < -0.4 is 5.32 Å². The third-order valence-corrected chi connectivity index (χ3v) is 5.36. The zero-order chi connectivity index (χ0) is 18.4. The van der Waals surface area contributed by atoms with Gasteiger partial charge in [-0.2, -0.15) is 4.98 Å². The van der Waals surface area contributed by atoms with Gasteiger partial charge in [-0.15, -0.1) is 0 Å². The maximum absolute atomic E-state index is 12.0. The molecule has 1 amide bonds. The summed E-state index contributed by atoms with van der Waals surface area (Å²) < 4.78 is 5.30. The second kappa shape index (κ2) is 9.28. The minimum atomic E-state index is 0.0497. The number of nitrogens with one attached hydrogen (secondary N) is 1. The van der Waals surface area contributed by atoms with Crippen LogP contribution in [0, 0.1) is 5.92 Å². The lowest BCUT2D eigenvalue weighted by atomic mass is 9.99. The lowest BCUT2D eigenvalue weighted by molar-refractivity contribution is -0.121. The number of likely N-dealkylation sites (tertiary alicyclic amines) is 1. The molecule has 1 saturated heterocycles. The molecule has 2 aliphatic heterocycles. The van der Waals surface area contributed by atoms with Crippen LogP contribution in [0.3, 0.4) is 0 Å². The van der Waals surface area contributed by atoms with E-state index in [4.69, 9.17) is 4.52 Å². The Hall–Kier alpha value is -1.73. The van der Waals surface area contributed by atoms with Crippen molar-refractivity contribution in [3.05, 3.63) is 17.8 Å². The van der Waals surface area contributed by atoms with Crippen molar-refractivity contribution in [2.45, 2.75) is 39.0 Å². The molecule has 2 aliphatic rings. The molecule has 0 aromatic carbocycles. The number of hydrogen-bond donors (Lipinski definition) is 1. The second-order valence-corrected chi connectivity index (χ2v) is 7.63. The predicted octanol–water partition coefficient (Wildman–Crippen LogP) is 1.57. The fraction of sp³-hybridized carbons (Fsp3) is 0.737. The molecule has 26 heavy (non-hydrogen) atoms. The zero-order valence-electron chi connectivity index (χ0n) is 16.0. The van der Waals surface area contributed by atoms with E-state index in [0.29, 0.717) is 31.1 Å². The Morgan fingerprint density at radius 1 is 1.35 bits per heavy atom. The Morgan fingerprint density at radius 3 is 2.88 bits per heavy atom. The molecule has 0 bridgehead atoms. The van der Waals surface area contributed by atoms with Crippen molar-refractivity contribution in [2.24, 2.45) is 5.92 Å². The van der Waals surface area contributed by atoms with Crippen molar-refractivity contribution in [1.82, 2.24) is 25.3 Å². The molecular weight excluding hydrogens is 330 g/mol. The maximum atomic E-state index is 12.0. The van der Waals surface area contributed by atoms with Gasteiger partial charge in [-0.1, -0.05) is 18.2 Å². The van der Waals surface area contributed by atoms with Gasteiger partial charge < -0.3 is 19.6 Å². The lowest BCUT2D eigenvalue weighted by Gasteiger charge is -2.30. The highest BCUT2D eigenvalue weighted by Crippen LogP contribution is 2.19. The number of rotatable bonds is 7. The summed E-state index contributed by atoms with van der Waals surface area (Å²) in [5.74, 6) is 2.10. The molecule has 0 radical (unpaired) electrons. The summed E-state index contributed by atoms with van der Waals surface area (Å²) in [4.78, 5) is 21.1. The quantitative estimate of drug-likeness (QED) is 0.795. The van der Waals surface area contributed by atoms with Crippen molar-refractivity contribution < 1.29 is 9.32 Å². The Bertz CT molecular complexity index is 619. The summed E-state index contributed by atoms with van der Waals surface area (Å²) in [6.45, 7) is 8.17. The van der Waals surface area contributed by atoms with Crippen LogP contribution in [-0.4, -0.2) is 72.2 Å². The molecule has 0 atom stereocenters. The zero-order valence-corrected chi connectivity index (χ0v) is 16.0. The number of aryl methyl sites for hydroxylation is 1. The first-order valence-corrected chi connectivity index (χ1v) is 9.79. The molecule has 144 valence electrons. The van der Waals surface area contributed by atoms with E-state index in [9.17, 15) is 4.79 Å². The van der Waals surface area contributed by atoms with Crippen molar-refractivity contribution in [3.63, 3.8) is 0 Å². The van der Waals surface area contributed by atoms with Gasteiger partial charge in [-0.05, 0) is 50.9 Å². The number of carbonyl (C=O) groups is 1. The van der Waals surface area contributed by atoms with Crippen LogP contribution in [0.5, 0.6) is 0 Å². The van der Waals surface area contributed by atoms with E-state index < -0.39 is 0 Å². The smallest absolute Gasteiger partial charge is 0.227 e. The fourth-order valence-corrected chi connectivity index (χ4v) is 3.41. The van der Waals surface area contributed by atoms with Crippen molar-refractivity contribution in [2.75, 3.05) is 46.3 Å². The lowest BCUT2D eigenvalue weighted by Crippen LogP contribution is -2.39. The van der Waals surface area contributed by atoms with Gasteiger partial charge >= 0.3 is 0 Å². The topological polar surface area (TPSA) is 74.5 Å². The summed E-state index contributed by atoms with van der Waals surface area (Å²) in [5.41, 5.74) is 1.14. The first kappa shape index (κ1) is 19.0. The molecule has 0 spiro atoms. The van der Waals surface area contributed by atoms with E-state index >= 15 is 0 Å². The highest BCUT2D eigenvalue weighted by atomic mass is 16.5. The van der Waals surface area contributed by atoms with Gasteiger partial charge in [0, 0.05) is 39.0 Å². The maximum Gasteiger partial charge on any atom is 0.227 e. The molecule has 1 aromatic rings. The van der Waals surface area contributed by atoms with E-state index in [2.05, 4.69) is 45.3 Å². The average Bonchev–Trinajstić information content (AvgIpc) is 3.11. The van der Waals surface area contributed by atoms with Crippen LogP contribution in [0.1, 0.15) is 44.3 Å². The Kier molecular flexibility index (Phi) is 6.80. The van der Waals surface area contributed by atoms with Crippen LogP contribution in [0.2, 0.25) is 0 Å². The fourth-order valence-electron chi connectivity index (χ4n) is 3.41. The largest absolute Gasteiger partial charge is 0.355 e. The number of nitrogens with zero attached hydrogens (tertiary/aromatic N) is 4. The van der Waals surface area contributed by atoms with E-state index in [0.717, 1.165) is 50.6 Å². The Morgan fingerprint density at radius 2 is 2.15 bits per heavy atom. The number of aromatic nitrogens is 2. The van der Waals surface area contributed by atoms with Crippen molar-refractivity contribution in [1.29, 1.82) is 0 Å². The third-order valence-electron chi connectivity index (χ3n) is 5.36. The summed E-state index contributed by atoms with van der Waals surface area (Å²) in [5, 5.41) is 7.06. The SMILES string of the molecule is CC1CCN(CCNC(=O)CCc2nc(C3=CCN(C)CC3)no2)CC1. The van der Waals surface area contributed by atoms with Gasteiger partial charge in [-0.25, -0.2) is 0 Å². The van der Waals surface area contributed by atoms with Gasteiger partial charge in [0.2, 0.25) is 11.8 Å². The van der Waals surface area contributed by atoms with Gasteiger partial charge in [0.25, 0.3) is 0 Å². The number of carbonyl (C=O) groups excluding carboxylic acids is 1. The van der Waals surface area contributed by atoms with Crippen LogP contribution >= 0.6 is 0 Å². The molecule has 7 nitrogen and oxygen atoms in total. The third kappa shape index (κ3) is 5.64. The van der Waals surface area contributed by atoms with Gasteiger partial charge in [0.1, 0.15) is 0 Å². The number of amides is 1. The van der Waals surface area contributed by atoms with Crippen LogP contribution in [0.25, 0.3) is 5.57 Å². The molecule has 3 heterocycles. The van der Waals surface area contributed by atoms with E-state index in [-0.39, 0.29) is 5.91 Å². The first-order chi connectivity index (χ1) is 12.6. The van der Waals surface area contributed by atoms with Gasteiger partial charge in [0.15, 0.2) is 5.82 Å². The van der Waals surface area contributed by atoms with Crippen LogP contribution in [0.4, 0.5) is 0 Å². The Labute approximate surface area is 155 Å². The highest BCUT2D eigenvalue weighted by molar-refractivity contribution is 5.76. The molecule has 1 aromatic heterocycles. The molecule has 1 N–H and O–H groups in total. The van der Waals surface area contributed by atoms with Crippen molar-refractivity contribution >= 4 is 11.5 Å². The number of piperidine rings is 1. The normalized spacial score (nSPS) is 20.2. The van der Waals surface area contributed by atoms with Gasteiger partial charge in [-0.3, -0.25) is 4.79 Å². The minimum Gasteiger partial charge on any atom is -0.355 e. The predicted molar refractivity (Wildman–Crippen MR) is 101 cm³/mol. The molecule has 7 heteroatoms. The first-order valence-electron chi connectivity index (χ1n) is 9.79. The number of hydrogen-bond acceptors (Lipinski definition) is 6. The molecule has 0 aliphatic carbocycles. The number of likely N-dealkylation sites (N-methyl/N-ethyl adjacent to an activating group) is 1. The second-order valence-electron chi connectivity index (χ2n) is 7.63. The summed E-state index contributed by atoms with van der Waals surface area (Å²) >= 11 is 0. The van der Waals surface area contributed by atoms with E-state index in [1.54, 1.807) is 0 Å². The standard InChI is InChI=1S/C19H31N5O2/c1-15-5-12-24(13-6-15)14-9-20-17(25)3-4-18-21-19(22-26-18)16-7-10-23(2)11-8-16/h7,15H,3-6,8-14H2,1-2H3,(H,20,25). The molecular formula is C19H31N5O2. The summed E-state index contributed by atoms with van der Waals surface area (Å²) in [6, 6.07) is 0. The van der Waals surface area contributed by atoms with Crippen molar-refractivity contribution in [3.8, 4) is 0 Å². The van der Waals surface area contributed by atoms with Crippen LogP contribution in [0.15, 0.2) is 10.6 Å². The molecule has 0 unspecified atom stereocenters. The van der Waals surface area contributed by atoms with E-state index in [1.165, 1.54) is 12.8 Å².